The number of halogens is 1. The second-order valence-electron chi connectivity index (χ2n) is 8.51. The molecule has 0 aliphatic heterocycles. The first-order valence-corrected chi connectivity index (χ1v) is 11.5. The van der Waals surface area contributed by atoms with Crippen LogP contribution in [0.1, 0.15) is 53.1 Å². The minimum Gasteiger partial charge on any atom is -0.206 e. The van der Waals surface area contributed by atoms with Crippen molar-refractivity contribution in [3.63, 3.8) is 0 Å². The highest BCUT2D eigenvalue weighted by Gasteiger charge is 2.07. The highest BCUT2D eigenvalue weighted by atomic mass is 19.1. The minimum atomic E-state index is -0.0864. The van der Waals surface area contributed by atoms with Gasteiger partial charge in [-0.15, -0.1) is 0 Å². The summed E-state index contributed by atoms with van der Waals surface area (Å²) in [4.78, 5) is 0. The fourth-order valence-corrected chi connectivity index (χ4v) is 3.92. The molecule has 0 fully saturated rings. The van der Waals surface area contributed by atoms with Gasteiger partial charge in [-0.25, -0.2) is 4.39 Å². The van der Waals surface area contributed by atoms with Crippen molar-refractivity contribution < 1.29 is 4.39 Å². The fraction of sp³-hybridized carbons (Fsp3) is 0.226. The molecule has 0 amide bonds. The Labute approximate surface area is 191 Å². The molecule has 4 aromatic carbocycles. The van der Waals surface area contributed by atoms with Gasteiger partial charge in [0.25, 0.3) is 0 Å². The van der Waals surface area contributed by atoms with Gasteiger partial charge >= 0.3 is 0 Å². The van der Waals surface area contributed by atoms with Crippen LogP contribution in [0.3, 0.4) is 0 Å². The first kappa shape index (κ1) is 21.8. The SMILES string of the molecule is CCCCc1ccc2cc(C#Cc3ccc(CCc4ccc(C)cc4)cc3)ccc2c1F. The van der Waals surface area contributed by atoms with Crippen LogP contribution in [-0.4, -0.2) is 0 Å². The summed E-state index contributed by atoms with van der Waals surface area (Å²) < 4.78 is 14.8. The molecule has 32 heavy (non-hydrogen) atoms. The Hall–Kier alpha value is -3.37. The van der Waals surface area contributed by atoms with Crippen molar-refractivity contribution in [2.24, 2.45) is 0 Å². The summed E-state index contributed by atoms with van der Waals surface area (Å²) >= 11 is 0. The number of rotatable bonds is 6. The van der Waals surface area contributed by atoms with Gasteiger partial charge in [0.2, 0.25) is 0 Å². The Morgan fingerprint density at radius 3 is 2.00 bits per heavy atom. The van der Waals surface area contributed by atoms with Crippen LogP contribution in [0.15, 0.2) is 78.9 Å². The standard InChI is InChI=1S/C31H29F/c1-3-4-5-28-19-20-29-22-27(18-21-30(29)31(28)32)17-16-26-14-12-25(13-15-26)11-10-24-8-6-23(2)7-9-24/h6-9,12-15,18-22H,3-5,10-11H2,1-2H3. The third-order valence-electron chi connectivity index (χ3n) is 5.96. The molecule has 160 valence electrons. The maximum atomic E-state index is 14.8. The van der Waals surface area contributed by atoms with Crippen molar-refractivity contribution in [3.8, 4) is 11.8 Å². The predicted molar refractivity (Wildman–Crippen MR) is 134 cm³/mol. The molecule has 0 atom stereocenters. The molecule has 0 radical (unpaired) electrons. The van der Waals surface area contributed by atoms with E-state index >= 15 is 0 Å². The zero-order valence-electron chi connectivity index (χ0n) is 18.9. The Morgan fingerprint density at radius 1 is 0.688 bits per heavy atom. The number of hydrogen-bond donors (Lipinski definition) is 0. The van der Waals surface area contributed by atoms with E-state index in [1.165, 1.54) is 16.7 Å². The van der Waals surface area contributed by atoms with Crippen molar-refractivity contribution in [2.75, 3.05) is 0 Å². The molecule has 0 spiro atoms. The second kappa shape index (κ2) is 10.3. The maximum Gasteiger partial charge on any atom is 0.134 e. The van der Waals surface area contributed by atoms with Crippen LogP contribution in [0.25, 0.3) is 10.8 Å². The van der Waals surface area contributed by atoms with E-state index in [1.54, 1.807) is 0 Å². The molecule has 0 saturated carbocycles. The Balaban J connectivity index is 1.43. The molecular formula is C31H29F. The van der Waals surface area contributed by atoms with E-state index in [2.05, 4.69) is 74.2 Å². The largest absolute Gasteiger partial charge is 0.206 e. The Kier molecular flexibility index (Phi) is 7.03. The third kappa shape index (κ3) is 5.45. The van der Waals surface area contributed by atoms with Gasteiger partial charge in [-0.3, -0.25) is 0 Å². The van der Waals surface area contributed by atoms with Crippen LogP contribution < -0.4 is 0 Å². The molecule has 0 aromatic heterocycles. The van der Waals surface area contributed by atoms with Gasteiger partial charge in [-0.2, -0.15) is 0 Å². The highest BCUT2D eigenvalue weighted by Crippen LogP contribution is 2.23. The van der Waals surface area contributed by atoms with Crippen molar-refractivity contribution in [1.29, 1.82) is 0 Å². The third-order valence-corrected chi connectivity index (χ3v) is 5.96. The van der Waals surface area contributed by atoms with Crippen LogP contribution in [0.5, 0.6) is 0 Å². The number of benzene rings is 4. The number of fused-ring (bicyclic) bond motifs is 1. The number of aryl methyl sites for hydroxylation is 4. The van der Waals surface area contributed by atoms with E-state index in [0.29, 0.717) is 5.39 Å². The highest BCUT2D eigenvalue weighted by molar-refractivity contribution is 5.85. The summed E-state index contributed by atoms with van der Waals surface area (Å²) in [6, 6.07) is 26.9. The Morgan fingerprint density at radius 2 is 1.31 bits per heavy atom. The number of hydrogen-bond acceptors (Lipinski definition) is 0. The van der Waals surface area contributed by atoms with E-state index in [9.17, 15) is 4.39 Å². The molecule has 0 bridgehead atoms. The van der Waals surface area contributed by atoms with Gasteiger partial charge in [0.1, 0.15) is 5.82 Å². The Bertz CT molecular complexity index is 1250. The van der Waals surface area contributed by atoms with Crippen LogP contribution in [0, 0.1) is 24.6 Å². The normalized spacial score (nSPS) is 10.7. The van der Waals surface area contributed by atoms with Crippen LogP contribution in [-0.2, 0) is 19.3 Å². The van der Waals surface area contributed by atoms with Crippen molar-refractivity contribution >= 4 is 10.8 Å². The van der Waals surface area contributed by atoms with E-state index in [-0.39, 0.29) is 5.82 Å². The van der Waals surface area contributed by atoms with Crippen LogP contribution in [0.4, 0.5) is 4.39 Å². The molecular weight excluding hydrogens is 391 g/mol. The summed E-state index contributed by atoms with van der Waals surface area (Å²) in [5.74, 6) is 6.39. The number of unbranched alkanes of at least 4 members (excludes halogenated alkanes) is 1. The van der Waals surface area contributed by atoms with Crippen LogP contribution >= 0.6 is 0 Å². The average Bonchev–Trinajstić information content (AvgIpc) is 2.82. The summed E-state index contributed by atoms with van der Waals surface area (Å²) in [6.45, 7) is 4.24. The molecule has 0 nitrogen and oxygen atoms in total. The molecule has 0 aliphatic rings. The molecule has 1 heteroatoms. The molecule has 0 aliphatic carbocycles. The molecule has 4 rings (SSSR count). The van der Waals surface area contributed by atoms with Gasteiger partial charge in [-0.1, -0.05) is 85.3 Å². The van der Waals surface area contributed by atoms with Crippen molar-refractivity contribution in [2.45, 2.75) is 46.0 Å². The average molecular weight is 421 g/mol. The van der Waals surface area contributed by atoms with Gasteiger partial charge in [0.05, 0.1) is 0 Å². The molecule has 0 heterocycles. The van der Waals surface area contributed by atoms with Crippen LogP contribution in [0.2, 0.25) is 0 Å². The topological polar surface area (TPSA) is 0 Å². The van der Waals surface area contributed by atoms with Crippen molar-refractivity contribution in [3.05, 3.63) is 118 Å². The molecule has 4 aromatic rings. The maximum absolute atomic E-state index is 14.8. The molecule has 0 unspecified atom stereocenters. The fourth-order valence-electron chi connectivity index (χ4n) is 3.92. The quantitative estimate of drug-likeness (QED) is 0.279. The van der Waals surface area contributed by atoms with Gasteiger partial charge in [-0.05, 0) is 78.9 Å². The predicted octanol–water partition coefficient (Wildman–Crippen LogP) is 7.81. The van der Waals surface area contributed by atoms with E-state index in [0.717, 1.165) is 54.2 Å². The first-order valence-electron chi connectivity index (χ1n) is 11.5. The van der Waals surface area contributed by atoms with E-state index in [1.807, 2.05) is 30.3 Å². The summed E-state index contributed by atoms with van der Waals surface area (Å²) in [6.07, 6.45) is 4.93. The summed E-state index contributed by atoms with van der Waals surface area (Å²) in [5.41, 5.74) is 6.68. The van der Waals surface area contributed by atoms with E-state index < -0.39 is 0 Å². The van der Waals surface area contributed by atoms with E-state index in [4.69, 9.17) is 0 Å². The monoisotopic (exact) mass is 420 g/mol. The second-order valence-corrected chi connectivity index (χ2v) is 8.51. The molecule has 0 N–H and O–H groups in total. The summed E-state index contributed by atoms with van der Waals surface area (Å²) in [7, 11) is 0. The molecule has 0 saturated heterocycles. The van der Waals surface area contributed by atoms with Gasteiger partial charge < -0.3 is 0 Å². The smallest absolute Gasteiger partial charge is 0.134 e. The minimum absolute atomic E-state index is 0.0864. The summed E-state index contributed by atoms with van der Waals surface area (Å²) in [5, 5.41) is 1.59. The lowest BCUT2D eigenvalue weighted by Crippen LogP contribution is -1.92. The van der Waals surface area contributed by atoms with Gasteiger partial charge in [0, 0.05) is 16.5 Å². The lowest BCUT2D eigenvalue weighted by Gasteiger charge is -2.06. The lowest BCUT2D eigenvalue weighted by atomic mass is 10.0. The van der Waals surface area contributed by atoms with Crippen molar-refractivity contribution in [1.82, 2.24) is 0 Å². The first-order chi connectivity index (χ1) is 15.6. The zero-order chi connectivity index (χ0) is 22.3. The van der Waals surface area contributed by atoms with Gasteiger partial charge in [0.15, 0.2) is 0 Å². The zero-order valence-corrected chi connectivity index (χ0v) is 18.9. The lowest BCUT2D eigenvalue weighted by molar-refractivity contribution is 0.614.